The Kier molecular flexibility index (Phi) is 9.10. The molecule has 0 radical (unpaired) electrons. The van der Waals surface area contributed by atoms with Gasteiger partial charge in [-0.1, -0.05) is 48.5 Å². The summed E-state index contributed by atoms with van der Waals surface area (Å²) in [5.74, 6) is -5.08. The van der Waals surface area contributed by atoms with Crippen molar-refractivity contribution >= 4 is 11.4 Å². The summed E-state index contributed by atoms with van der Waals surface area (Å²) in [5.41, 5.74) is -0.485. The maximum Gasteiger partial charge on any atom is 0.355 e. The molecule has 7 aromatic rings. The van der Waals surface area contributed by atoms with Crippen LogP contribution in [0.3, 0.4) is 0 Å². The third kappa shape index (κ3) is 6.56. The Bertz CT molecular complexity index is 2470. The molecule has 16 heteroatoms. The fourth-order valence-electron chi connectivity index (χ4n) is 6.80. The minimum absolute atomic E-state index is 0.0386. The lowest BCUT2D eigenvalue weighted by Gasteiger charge is -2.37. The van der Waals surface area contributed by atoms with Gasteiger partial charge in [0.2, 0.25) is 0 Å². The number of rotatable bonds is 10. The van der Waals surface area contributed by atoms with Crippen LogP contribution in [0.25, 0.3) is 22.5 Å². The van der Waals surface area contributed by atoms with Gasteiger partial charge in [0, 0.05) is 54.9 Å². The van der Waals surface area contributed by atoms with Gasteiger partial charge in [0.05, 0.1) is 12.2 Å². The van der Waals surface area contributed by atoms with Crippen LogP contribution < -0.4 is 15.5 Å². The molecule has 13 nitrogen and oxygen atoms in total. The zero-order valence-corrected chi connectivity index (χ0v) is 29.1. The lowest BCUT2D eigenvalue weighted by Crippen LogP contribution is -2.48. The van der Waals surface area contributed by atoms with Gasteiger partial charge in [-0.25, -0.2) is 18.4 Å². The standard InChI is InChI=1S/C39H33F3N10O3/c40-33-6-2-1-5-32(33)38(55,24-50-25-44-46-47-50)39(41,42)36-18-11-28(23-43-36)27-9-12-29(13-10-27)48-19-21-49(22-20-48)30-14-16-31(17-15-30)51-26-45-52(37(51)54)34-7-3-4-8-35(34)53/h1-18,23,25-26,53,55H,19-22,24H2. The van der Waals surface area contributed by atoms with Crippen molar-refractivity contribution in [1.29, 1.82) is 0 Å². The number of piperazine rings is 1. The van der Waals surface area contributed by atoms with Crippen LogP contribution in [0.4, 0.5) is 24.5 Å². The number of hydrogen-bond acceptors (Lipinski definition) is 10. The molecule has 4 aromatic carbocycles. The molecule has 1 aliphatic heterocycles. The van der Waals surface area contributed by atoms with Gasteiger partial charge in [-0.15, -0.1) is 5.10 Å². The maximum absolute atomic E-state index is 16.2. The molecule has 0 aliphatic carbocycles. The van der Waals surface area contributed by atoms with Gasteiger partial charge >= 0.3 is 11.6 Å². The van der Waals surface area contributed by atoms with E-state index in [-0.39, 0.29) is 5.75 Å². The lowest BCUT2D eigenvalue weighted by atomic mass is 9.84. The third-order valence-corrected chi connectivity index (χ3v) is 9.82. The highest BCUT2D eigenvalue weighted by molar-refractivity contribution is 5.66. The van der Waals surface area contributed by atoms with E-state index < -0.39 is 40.8 Å². The molecule has 1 atom stereocenters. The number of alkyl halides is 2. The molecule has 3 aromatic heterocycles. The summed E-state index contributed by atoms with van der Waals surface area (Å²) in [6.45, 7) is 2.22. The van der Waals surface area contributed by atoms with Crippen molar-refractivity contribution in [2.45, 2.75) is 18.1 Å². The van der Waals surface area contributed by atoms with E-state index in [1.165, 1.54) is 41.4 Å². The summed E-state index contributed by atoms with van der Waals surface area (Å²) in [6, 6.07) is 29.3. The van der Waals surface area contributed by atoms with Gasteiger partial charge in [0.1, 0.15) is 35.6 Å². The molecule has 8 rings (SSSR count). The number of nitrogens with zero attached hydrogens (tertiary/aromatic N) is 10. The molecule has 1 fully saturated rings. The van der Waals surface area contributed by atoms with Gasteiger partial charge in [-0.05, 0) is 76.7 Å². The number of aromatic hydroxyl groups is 1. The smallest absolute Gasteiger partial charge is 0.355 e. The lowest BCUT2D eigenvalue weighted by molar-refractivity contribution is -0.207. The van der Waals surface area contributed by atoms with Gasteiger partial charge in [-0.2, -0.15) is 18.6 Å². The zero-order chi connectivity index (χ0) is 38.2. The fraction of sp³-hybridized carbons (Fsp3) is 0.179. The van der Waals surface area contributed by atoms with Crippen LogP contribution in [0.2, 0.25) is 0 Å². The van der Waals surface area contributed by atoms with E-state index in [2.05, 4.69) is 35.4 Å². The average Bonchev–Trinajstić information content (AvgIpc) is 3.87. The van der Waals surface area contributed by atoms with E-state index in [0.717, 1.165) is 77.0 Å². The van der Waals surface area contributed by atoms with Crippen molar-refractivity contribution < 1.29 is 23.4 Å². The van der Waals surface area contributed by atoms with Gasteiger partial charge in [0.15, 0.2) is 5.60 Å². The first-order chi connectivity index (χ1) is 26.6. The Hall–Kier alpha value is -6.81. The number of phenols is 1. The van der Waals surface area contributed by atoms with E-state index in [0.29, 0.717) is 16.9 Å². The number of benzene rings is 4. The monoisotopic (exact) mass is 746 g/mol. The van der Waals surface area contributed by atoms with Crippen molar-refractivity contribution in [2.24, 2.45) is 0 Å². The predicted molar refractivity (Wildman–Crippen MR) is 197 cm³/mol. The van der Waals surface area contributed by atoms with Gasteiger partial charge < -0.3 is 20.0 Å². The summed E-state index contributed by atoms with van der Waals surface area (Å²) in [6.07, 6.45) is 3.79. The molecule has 0 saturated carbocycles. The molecule has 2 N–H and O–H groups in total. The average molecular weight is 747 g/mol. The quantitative estimate of drug-likeness (QED) is 0.198. The number of hydrogen-bond donors (Lipinski definition) is 2. The number of anilines is 2. The molecule has 0 bridgehead atoms. The molecule has 0 amide bonds. The van der Waals surface area contributed by atoms with Crippen LogP contribution in [0.1, 0.15) is 11.3 Å². The Morgan fingerprint density at radius 1 is 0.727 bits per heavy atom. The Morgan fingerprint density at radius 3 is 1.96 bits per heavy atom. The Morgan fingerprint density at radius 2 is 1.35 bits per heavy atom. The van der Waals surface area contributed by atoms with E-state index in [1.54, 1.807) is 18.2 Å². The normalized spacial score (nSPS) is 14.5. The number of tetrazole rings is 1. The Labute approximate surface area is 311 Å². The predicted octanol–water partition coefficient (Wildman–Crippen LogP) is 4.92. The second kappa shape index (κ2) is 14.2. The second-order valence-corrected chi connectivity index (χ2v) is 13.1. The van der Waals surface area contributed by atoms with Crippen LogP contribution in [-0.2, 0) is 18.1 Å². The minimum atomic E-state index is -4.04. The van der Waals surface area contributed by atoms with Gasteiger partial charge in [-0.3, -0.25) is 4.98 Å². The summed E-state index contributed by atoms with van der Waals surface area (Å²) < 4.78 is 50.7. The van der Waals surface area contributed by atoms with Crippen molar-refractivity contribution in [3.05, 3.63) is 156 Å². The van der Waals surface area contributed by atoms with Crippen LogP contribution in [0.5, 0.6) is 5.75 Å². The third-order valence-electron chi connectivity index (χ3n) is 9.82. The summed E-state index contributed by atoms with van der Waals surface area (Å²) in [7, 11) is 0. The number of phenolic OH excluding ortho intramolecular Hbond substituents is 1. The maximum atomic E-state index is 16.2. The molecule has 55 heavy (non-hydrogen) atoms. The highest BCUT2D eigenvalue weighted by Gasteiger charge is 2.57. The molecule has 278 valence electrons. The SMILES string of the molecule is O=c1n(-c2ccc(N3CCN(c4ccc(-c5ccc(C(F)(F)C(O)(Cn6cnnn6)c6ccccc6F)nc5)cc4)CC3)cc2)cnn1-c1ccccc1O. The van der Waals surface area contributed by atoms with Crippen LogP contribution in [-0.4, -0.2) is 75.9 Å². The van der Waals surface area contributed by atoms with Crippen molar-refractivity contribution in [1.82, 2.24) is 39.5 Å². The van der Waals surface area contributed by atoms with Crippen molar-refractivity contribution in [2.75, 3.05) is 36.0 Å². The van der Waals surface area contributed by atoms with Crippen LogP contribution >= 0.6 is 0 Å². The number of halogens is 3. The van der Waals surface area contributed by atoms with E-state index in [9.17, 15) is 19.4 Å². The van der Waals surface area contributed by atoms with Crippen molar-refractivity contribution in [3.8, 4) is 28.3 Å². The first-order valence-electron chi connectivity index (χ1n) is 17.3. The second-order valence-electron chi connectivity index (χ2n) is 13.1. The highest BCUT2D eigenvalue weighted by Crippen LogP contribution is 2.46. The van der Waals surface area contributed by atoms with Gasteiger partial charge in [0.25, 0.3) is 0 Å². The number of aliphatic hydroxyl groups is 1. The highest BCUT2D eigenvalue weighted by atomic mass is 19.3. The molecular formula is C39H33F3N10O3. The number of pyridine rings is 1. The fourth-order valence-corrected chi connectivity index (χ4v) is 6.80. The molecule has 0 spiro atoms. The van der Waals surface area contributed by atoms with E-state index in [1.807, 2.05) is 48.5 Å². The molecule has 4 heterocycles. The number of para-hydroxylation sites is 2. The number of aromatic nitrogens is 8. The zero-order valence-electron chi connectivity index (χ0n) is 29.1. The topological polar surface area (TPSA) is 143 Å². The van der Waals surface area contributed by atoms with Crippen LogP contribution in [0, 0.1) is 5.82 Å². The first-order valence-corrected chi connectivity index (χ1v) is 17.3. The molecular weight excluding hydrogens is 713 g/mol. The van der Waals surface area contributed by atoms with Crippen molar-refractivity contribution in [3.63, 3.8) is 0 Å². The van der Waals surface area contributed by atoms with E-state index in [4.69, 9.17) is 0 Å². The Balaban J connectivity index is 0.918. The molecule has 1 aliphatic rings. The largest absolute Gasteiger partial charge is 0.506 e. The van der Waals surface area contributed by atoms with Crippen LogP contribution in [0.15, 0.2) is 133 Å². The summed E-state index contributed by atoms with van der Waals surface area (Å²) >= 11 is 0. The first kappa shape index (κ1) is 35.2. The van der Waals surface area contributed by atoms with E-state index >= 15 is 8.78 Å². The molecule has 1 unspecified atom stereocenters. The molecule has 1 saturated heterocycles. The summed E-state index contributed by atoms with van der Waals surface area (Å²) in [4.78, 5) is 21.6. The minimum Gasteiger partial charge on any atom is -0.506 e. The summed E-state index contributed by atoms with van der Waals surface area (Å²) in [5, 5.41) is 36.3.